The number of aryl methyl sites for hydroxylation is 1. The molecule has 5 nitrogen and oxygen atoms in total. The van der Waals surface area contributed by atoms with Crippen LogP contribution < -0.4 is 0 Å². The van der Waals surface area contributed by atoms with Gasteiger partial charge in [0.2, 0.25) is 0 Å². The molecule has 0 fully saturated rings. The van der Waals surface area contributed by atoms with Crippen LogP contribution in [0.15, 0.2) is 36.4 Å². The van der Waals surface area contributed by atoms with Crippen molar-refractivity contribution in [2.45, 2.75) is 26.2 Å². The predicted octanol–water partition coefficient (Wildman–Crippen LogP) is 3.17. The Hall–Kier alpha value is -2.56. The molecule has 0 bridgehead atoms. The van der Waals surface area contributed by atoms with E-state index >= 15 is 0 Å². The second-order valence-electron chi connectivity index (χ2n) is 5.05. The van der Waals surface area contributed by atoms with Gasteiger partial charge in [-0.25, -0.2) is 0 Å². The van der Waals surface area contributed by atoms with Crippen LogP contribution in [0.3, 0.4) is 0 Å². The lowest BCUT2D eigenvalue weighted by molar-refractivity contribution is 0.448. The molecule has 0 aliphatic rings. The molecule has 0 unspecified atom stereocenters. The Morgan fingerprint density at radius 2 is 1.67 bits per heavy atom. The molecular formula is C16H17N3O2. The molecule has 0 spiro atoms. The van der Waals surface area contributed by atoms with Gasteiger partial charge in [0.15, 0.2) is 0 Å². The van der Waals surface area contributed by atoms with Crippen molar-refractivity contribution in [3.63, 3.8) is 0 Å². The van der Waals surface area contributed by atoms with Gasteiger partial charge in [0.1, 0.15) is 28.2 Å². The minimum absolute atomic E-state index is 0.0687. The van der Waals surface area contributed by atoms with Crippen LogP contribution in [0, 0.1) is 0 Å². The first-order valence-electron chi connectivity index (χ1n) is 7.06. The normalized spacial score (nSPS) is 11.1. The van der Waals surface area contributed by atoms with Crippen molar-refractivity contribution >= 4 is 11.0 Å². The van der Waals surface area contributed by atoms with Crippen LogP contribution in [0.2, 0.25) is 0 Å². The zero-order valence-corrected chi connectivity index (χ0v) is 11.8. The molecule has 0 amide bonds. The van der Waals surface area contributed by atoms with Crippen LogP contribution in [0.5, 0.6) is 11.5 Å². The number of phenolic OH excluding ortho intramolecular Hbond substituents is 2. The molecule has 21 heavy (non-hydrogen) atoms. The minimum atomic E-state index is 0.0687. The Labute approximate surface area is 122 Å². The summed E-state index contributed by atoms with van der Waals surface area (Å²) in [5, 5.41) is 28.9. The Bertz CT molecular complexity index is 747. The molecule has 2 aromatic carbocycles. The van der Waals surface area contributed by atoms with Crippen LogP contribution in [-0.4, -0.2) is 25.2 Å². The molecule has 0 aliphatic carbocycles. The number of benzene rings is 2. The fraction of sp³-hybridized carbons (Fsp3) is 0.250. The number of phenols is 2. The molecule has 2 N–H and O–H groups in total. The second-order valence-corrected chi connectivity index (χ2v) is 5.05. The summed E-state index contributed by atoms with van der Waals surface area (Å²) in [5.41, 5.74) is 2.61. The summed E-state index contributed by atoms with van der Waals surface area (Å²) < 4.78 is 0. The molecule has 1 aromatic heterocycles. The lowest BCUT2D eigenvalue weighted by atomic mass is 10.1. The van der Waals surface area contributed by atoms with Crippen molar-refractivity contribution in [1.29, 1.82) is 0 Å². The van der Waals surface area contributed by atoms with Gasteiger partial charge in [-0.2, -0.15) is 0 Å². The average molecular weight is 283 g/mol. The Morgan fingerprint density at radius 1 is 1.00 bits per heavy atom. The van der Waals surface area contributed by atoms with E-state index in [-0.39, 0.29) is 11.5 Å². The van der Waals surface area contributed by atoms with Gasteiger partial charge >= 0.3 is 0 Å². The lowest BCUT2D eigenvalue weighted by Crippen LogP contribution is -2.00. The summed E-state index contributed by atoms with van der Waals surface area (Å²) in [6.07, 6.45) is 2.75. The largest absolute Gasteiger partial charge is 0.508 e. The minimum Gasteiger partial charge on any atom is -0.508 e. The highest BCUT2D eigenvalue weighted by Gasteiger charge is 2.12. The van der Waals surface area contributed by atoms with E-state index in [2.05, 4.69) is 17.1 Å². The van der Waals surface area contributed by atoms with E-state index in [1.54, 1.807) is 6.07 Å². The van der Waals surface area contributed by atoms with Gasteiger partial charge in [-0.05, 0) is 36.6 Å². The third-order valence-corrected chi connectivity index (χ3v) is 3.48. The predicted molar refractivity (Wildman–Crippen MR) is 80.8 cm³/mol. The quantitative estimate of drug-likeness (QED) is 0.721. The average Bonchev–Trinajstić information content (AvgIpc) is 2.91. The van der Waals surface area contributed by atoms with Crippen molar-refractivity contribution in [3.8, 4) is 17.2 Å². The third-order valence-electron chi connectivity index (χ3n) is 3.48. The highest BCUT2D eigenvalue weighted by atomic mass is 16.3. The molecule has 3 aromatic rings. The first-order valence-corrected chi connectivity index (χ1v) is 7.06. The number of hydrogen-bond donors (Lipinski definition) is 2. The third kappa shape index (κ3) is 2.54. The first-order chi connectivity index (χ1) is 10.2. The second kappa shape index (κ2) is 5.44. The molecule has 0 saturated carbocycles. The molecule has 3 rings (SSSR count). The van der Waals surface area contributed by atoms with Crippen molar-refractivity contribution in [3.05, 3.63) is 42.0 Å². The molecule has 1 heterocycles. The van der Waals surface area contributed by atoms with Gasteiger partial charge < -0.3 is 10.2 Å². The van der Waals surface area contributed by atoms with Crippen molar-refractivity contribution in [2.24, 2.45) is 0 Å². The molecular weight excluding hydrogens is 266 g/mol. The van der Waals surface area contributed by atoms with Gasteiger partial charge in [-0.3, -0.25) is 0 Å². The van der Waals surface area contributed by atoms with Crippen molar-refractivity contribution in [1.82, 2.24) is 15.0 Å². The van der Waals surface area contributed by atoms with Gasteiger partial charge in [0.05, 0.1) is 0 Å². The Morgan fingerprint density at radius 3 is 2.29 bits per heavy atom. The first kappa shape index (κ1) is 13.4. The van der Waals surface area contributed by atoms with Crippen LogP contribution in [0.25, 0.3) is 16.7 Å². The summed E-state index contributed by atoms with van der Waals surface area (Å²) in [7, 11) is 0. The summed E-state index contributed by atoms with van der Waals surface area (Å²) in [6, 6.07) is 10.6. The van der Waals surface area contributed by atoms with E-state index in [4.69, 9.17) is 0 Å². The topological polar surface area (TPSA) is 71.2 Å². The van der Waals surface area contributed by atoms with E-state index in [1.807, 2.05) is 24.3 Å². The number of rotatable bonds is 4. The SMILES string of the molecule is CCCCc1cc(O)c(-n2nc3ccccc3n2)cc1O. The van der Waals surface area contributed by atoms with Crippen LogP contribution in [0.1, 0.15) is 25.3 Å². The van der Waals surface area contributed by atoms with Gasteiger partial charge in [-0.1, -0.05) is 25.5 Å². The number of fused-ring (bicyclic) bond motifs is 1. The lowest BCUT2D eigenvalue weighted by Gasteiger charge is -2.08. The van der Waals surface area contributed by atoms with E-state index in [1.165, 1.54) is 10.9 Å². The van der Waals surface area contributed by atoms with Crippen LogP contribution >= 0.6 is 0 Å². The van der Waals surface area contributed by atoms with E-state index in [0.717, 1.165) is 35.9 Å². The monoisotopic (exact) mass is 283 g/mol. The fourth-order valence-corrected chi connectivity index (χ4v) is 2.30. The highest BCUT2D eigenvalue weighted by Crippen LogP contribution is 2.30. The Kier molecular flexibility index (Phi) is 3.48. The van der Waals surface area contributed by atoms with Crippen molar-refractivity contribution < 1.29 is 10.2 Å². The maximum atomic E-state index is 10.2. The van der Waals surface area contributed by atoms with E-state index in [9.17, 15) is 10.2 Å². The van der Waals surface area contributed by atoms with Gasteiger partial charge in [0, 0.05) is 6.07 Å². The number of hydrogen-bond acceptors (Lipinski definition) is 4. The molecule has 108 valence electrons. The molecule has 0 aliphatic heterocycles. The number of aromatic nitrogens is 3. The smallest absolute Gasteiger partial charge is 0.143 e. The molecule has 0 atom stereocenters. The van der Waals surface area contributed by atoms with Crippen LogP contribution in [0.4, 0.5) is 0 Å². The van der Waals surface area contributed by atoms with E-state index in [0.29, 0.717) is 5.69 Å². The van der Waals surface area contributed by atoms with Crippen molar-refractivity contribution in [2.75, 3.05) is 0 Å². The van der Waals surface area contributed by atoms with E-state index < -0.39 is 0 Å². The molecule has 0 saturated heterocycles. The number of aromatic hydroxyl groups is 2. The number of nitrogens with zero attached hydrogens (tertiary/aromatic N) is 3. The Balaban J connectivity index is 2.03. The molecule has 0 radical (unpaired) electrons. The van der Waals surface area contributed by atoms with Gasteiger partial charge in [-0.15, -0.1) is 15.0 Å². The summed E-state index contributed by atoms with van der Waals surface area (Å²) in [6.45, 7) is 2.09. The number of unbranched alkanes of at least 4 members (excludes halogenated alkanes) is 1. The maximum absolute atomic E-state index is 10.2. The zero-order chi connectivity index (χ0) is 14.8. The fourth-order valence-electron chi connectivity index (χ4n) is 2.30. The summed E-state index contributed by atoms with van der Waals surface area (Å²) in [5.74, 6) is 0.233. The molecule has 5 heteroatoms. The van der Waals surface area contributed by atoms with Crippen LogP contribution in [-0.2, 0) is 6.42 Å². The standard InChI is InChI=1S/C16H17N3O2/c1-2-3-6-11-9-16(21)14(10-15(11)20)19-17-12-7-4-5-8-13(12)18-19/h4-5,7-10,20-21H,2-3,6H2,1H3. The summed E-state index contributed by atoms with van der Waals surface area (Å²) >= 11 is 0. The maximum Gasteiger partial charge on any atom is 0.143 e. The zero-order valence-electron chi connectivity index (χ0n) is 11.8. The summed E-state index contributed by atoms with van der Waals surface area (Å²) in [4.78, 5) is 1.35. The highest BCUT2D eigenvalue weighted by molar-refractivity contribution is 5.73. The van der Waals surface area contributed by atoms with Gasteiger partial charge in [0.25, 0.3) is 0 Å².